The van der Waals surface area contributed by atoms with Crippen LogP contribution < -0.4 is 18.9 Å². The average molecular weight is 522 g/mol. The Bertz CT molecular complexity index is 1290. The zero-order chi connectivity index (χ0) is 25.8. The molecule has 0 saturated carbocycles. The molecule has 0 aliphatic carbocycles. The molecule has 3 rings (SSSR count). The molecule has 0 atom stereocenters. The van der Waals surface area contributed by atoms with Crippen molar-refractivity contribution in [2.45, 2.75) is 38.0 Å². The molecule has 3 aromatic rings. The van der Waals surface area contributed by atoms with E-state index in [9.17, 15) is 13.5 Å². The van der Waals surface area contributed by atoms with Crippen molar-refractivity contribution >= 4 is 27.4 Å². The first-order valence-corrected chi connectivity index (χ1v) is 12.6. The summed E-state index contributed by atoms with van der Waals surface area (Å²) in [5.74, 6) is 0.533. The Morgan fingerprint density at radius 1 is 1.09 bits per heavy atom. The molecule has 0 spiro atoms. The molecule has 0 saturated heterocycles. The monoisotopic (exact) mass is 521 g/mol. The second kappa shape index (κ2) is 10.7. The summed E-state index contributed by atoms with van der Waals surface area (Å²) in [4.78, 5) is 8.48. The molecule has 9 nitrogen and oxygen atoms in total. The summed E-state index contributed by atoms with van der Waals surface area (Å²) >= 11 is 6.28. The topological polar surface area (TPSA) is 120 Å². The molecule has 2 N–H and O–H groups in total. The largest absolute Gasteiger partial charge is 0.497 e. The van der Waals surface area contributed by atoms with Gasteiger partial charge in [0.05, 0.1) is 23.6 Å². The van der Waals surface area contributed by atoms with E-state index < -0.39 is 10.0 Å². The lowest BCUT2D eigenvalue weighted by Gasteiger charge is -2.19. The van der Waals surface area contributed by atoms with Gasteiger partial charge in [0.15, 0.2) is 5.82 Å². The first kappa shape index (κ1) is 26.5. The number of anilines is 1. The minimum atomic E-state index is -4.05. The first-order chi connectivity index (χ1) is 16.4. The quantitative estimate of drug-likeness (QED) is 0.415. The van der Waals surface area contributed by atoms with Gasteiger partial charge < -0.3 is 19.3 Å². The average Bonchev–Trinajstić information content (AvgIpc) is 2.80. The van der Waals surface area contributed by atoms with E-state index in [1.54, 1.807) is 31.2 Å². The number of methoxy groups -OCH3 is 1. The van der Waals surface area contributed by atoms with E-state index in [-0.39, 0.29) is 57.6 Å². The van der Waals surface area contributed by atoms with Gasteiger partial charge in [-0.2, -0.15) is 4.98 Å². The standard InChI is InChI=1S/C24H28ClN3O6S/c1-15-26-22(28-35(30,31)18-9-6-16(7-10-18)24(2,3)4)21(23(27-15)33-13-12-29)34-20-14-17(32-5)8-11-19(20)25/h6-11,14,29H,12-13H2,1-5H3,(H,26,27,28). The highest BCUT2D eigenvalue weighted by Gasteiger charge is 2.25. The van der Waals surface area contributed by atoms with Gasteiger partial charge in [0, 0.05) is 6.07 Å². The minimum Gasteiger partial charge on any atom is -0.497 e. The lowest BCUT2D eigenvalue weighted by atomic mass is 9.87. The second-order valence-electron chi connectivity index (χ2n) is 8.60. The van der Waals surface area contributed by atoms with E-state index in [2.05, 4.69) is 14.7 Å². The maximum atomic E-state index is 13.2. The van der Waals surface area contributed by atoms with Crippen LogP contribution in [0.2, 0.25) is 5.02 Å². The maximum absolute atomic E-state index is 13.2. The van der Waals surface area contributed by atoms with Crippen molar-refractivity contribution in [3.05, 3.63) is 58.9 Å². The summed E-state index contributed by atoms with van der Waals surface area (Å²) in [7, 11) is -2.56. The van der Waals surface area contributed by atoms with Gasteiger partial charge in [-0.05, 0) is 42.2 Å². The third-order valence-corrected chi connectivity index (χ3v) is 6.56. The third-order valence-electron chi connectivity index (χ3n) is 4.89. The van der Waals surface area contributed by atoms with Gasteiger partial charge in [0.1, 0.15) is 23.9 Å². The fourth-order valence-corrected chi connectivity index (χ4v) is 4.22. The zero-order valence-corrected chi connectivity index (χ0v) is 21.7. The number of aliphatic hydroxyl groups is 1. The molecular weight excluding hydrogens is 494 g/mol. The molecular formula is C24H28ClN3O6S. The smallest absolute Gasteiger partial charge is 0.263 e. The van der Waals surface area contributed by atoms with Crippen LogP contribution >= 0.6 is 11.6 Å². The number of nitrogens with zero attached hydrogens (tertiary/aromatic N) is 2. The van der Waals surface area contributed by atoms with E-state index in [4.69, 9.17) is 25.8 Å². The molecule has 0 amide bonds. The summed E-state index contributed by atoms with van der Waals surface area (Å²) in [6.45, 7) is 7.31. The van der Waals surface area contributed by atoms with Crippen LogP contribution in [0, 0.1) is 6.92 Å². The number of hydrogen-bond donors (Lipinski definition) is 2. The number of rotatable bonds is 9. The van der Waals surface area contributed by atoms with E-state index in [1.807, 2.05) is 20.8 Å². The van der Waals surface area contributed by atoms with Crippen molar-refractivity contribution in [3.8, 4) is 23.1 Å². The lowest BCUT2D eigenvalue weighted by Crippen LogP contribution is -2.17. The number of aromatic nitrogens is 2. The molecule has 0 aliphatic heterocycles. The fraction of sp³-hybridized carbons (Fsp3) is 0.333. The number of ether oxygens (including phenoxy) is 3. The van der Waals surface area contributed by atoms with Crippen LogP contribution in [0.4, 0.5) is 5.82 Å². The van der Waals surface area contributed by atoms with Crippen molar-refractivity contribution < 1.29 is 27.7 Å². The number of halogens is 1. The van der Waals surface area contributed by atoms with Crippen LogP contribution in [0.1, 0.15) is 32.2 Å². The summed E-state index contributed by atoms with van der Waals surface area (Å²) in [5.41, 5.74) is 0.862. The van der Waals surface area contributed by atoms with Gasteiger partial charge >= 0.3 is 0 Å². The summed E-state index contributed by atoms with van der Waals surface area (Å²) in [6, 6.07) is 11.3. The Hall–Kier alpha value is -3.08. The van der Waals surface area contributed by atoms with Gasteiger partial charge in [0.25, 0.3) is 15.9 Å². The summed E-state index contributed by atoms with van der Waals surface area (Å²) in [6.07, 6.45) is 0. The summed E-state index contributed by atoms with van der Waals surface area (Å²) in [5, 5.41) is 9.46. The number of aryl methyl sites for hydroxylation is 1. The second-order valence-corrected chi connectivity index (χ2v) is 10.7. The van der Waals surface area contributed by atoms with Gasteiger partial charge in [-0.15, -0.1) is 0 Å². The normalized spacial score (nSPS) is 11.7. The van der Waals surface area contributed by atoms with Gasteiger partial charge in [-0.25, -0.2) is 13.4 Å². The lowest BCUT2D eigenvalue weighted by molar-refractivity contribution is 0.192. The van der Waals surface area contributed by atoms with Gasteiger partial charge in [-0.3, -0.25) is 4.72 Å². The molecule has 35 heavy (non-hydrogen) atoms. The first-order valence-electron chi connectivity index (χ1n) is 10.7. The van der Waals surface area contributed by atoms with Crippen LogP contribution in [0.15, 0.2) is 47.4 Å². The van der Waals surface area contributed by atoms with E-state index in [0.29, 0.717) is 5.75 Å². The molecule has 0 radical (unpaired) electrons. The van der Waals surface area contributed by atoms with E-state index in [0.717, 1.165) is 5.56 Å². The molecule has 2 aromatic carbocycles. The minimum absolute atomic E-state index is 0.0463. The molecule has 1 heterocycles. The van der Waals surface area contributed by atoms with Crippen LogP contribution in [0.3, 0.4) is 0 Å². The number of hydrogen-bond acceptors (Lipinski definition) is 8. The Morgan fingerprint density at radius 2 is 1.77 bits per heavy atom. The number of benzene rings is 2. The molecule has 0 fully saturated rings. The van der Waals surface area contributed by atoms with Crippen LogP contribution in [0.5, 0.6) is 23.1 Å². The van der Waals surface area contributed by atoms with Crippen molar-refractivity contribution in [1.29, 1.82) is 0 Å². The van der Waals surface area contributed by atoms with Crippen LogP contribution in [-0.4, -0.2) is 43.8 Å². The Labute approximate surface area is 210 Å². The number of sulfonamides is 1. The van der Waals surface area contributed by atoms with Crippen molar-refractivity contribution in [3.63, 3.8) is 0 Å². The SMILES string of the molecule is COc1ccc(Cl)c(Oc2c(NS(=O)(=O)c3ccc(C(C)(C)C)cc3)nc(C)nc2OCCO)c1. The van der Waals surface area contributed by atoms with Gasteiger partial charge in [-0.1, -0.05) is 44.5 Å². The molecule has 1 aromatic heterocycles. The predicted molar refractivity (Wildman–Crippen MR) is 133 cm³/mol. The highest BCUT2D eigenvalue weighted by molar-refractivity contribution is 7.92. The Morgan fingerprint density at radius 3 is 2.37 bits per heavy atom. The third kappa shape index (κ3) is 6.53. The molecule has 0 bridgehead atoms. The van der Waals surface area contributed by atoms with E-state index in [1.165, 1.54) is 25.3 Å². The van der Waals surface area contributed by atoms with Crippen LogP contribution in [-0.2, 0) is 15.4 Å². The highest BCUT2D eigenvalue weighted by atomic mass is 35.5. The van der Waals surface area contributed by atoms with E-state index >= 15 is 0 Å². The predicted octanol–water partition coefficient (Wildman–Crippen LogP) is 4.71. The Balaban J connectivity index is 2.06. The van der Waals surface area contributed by atoms with Crippen molar-refractivity contribution in [2.75, 3.05) is 25.0 Å². The molecule has 0 unspecified atom stereocenters. The Kier molecular flexibility index (Phi) is 8.09. The summed E-state index contributed by atoms with van der Waals surface area (Å²) < 4.78 is 45.6. The molecule has 0 aliphatic rings. The molecule has 11 heteroatoms. The van der Waals surface area contributed by atoms with Crippen molar-refractivity contribution in [2.24, 2.45) is 0 Å². The zero-order valence-electron chi connectivity index (χ0n) is 20.1. The van der Waals surface area contributed by atoms with Crippen LogP contribution in [0.25, 0.3) is 0 Å². The van der Waals surface area contributed by atoms with Crippen molar-refractivity contribution in [1.82, 2.24) is 9.97 Å². The fourth-order valence-electron chi connectivity index (χ4n) is 3.06. The highest BCUT2D eigenvalue weighted by Crippen LogP contribution is 2.41. The number of nitrogens with one attached hydrogen (secondary N) is 1. The maximum Gasteiger partial charge on any atom is 0.263 e. The number of aliphatic hydroxyl groups excluding tert-OH is 1. The van der Waals surface area contributed by atoms with Gasteiger partial charge in [0.2, 0.25) is 5.75 Å². The molecule has 188 valence electrons.